The second-order valence-corrected chi connectivity index (χ2v) is 5.57. The number of hydrogen-bond acceptors (Lipinski definition) is 4. The molecule has 0 bridgehead atoms. The Labute approximate surface area is 94.1 Å². The Hall–Kier alpha value is -1.31. The molecule has 3 N–H and O–H groups in total. The summed E-state index contributed by atoms with van der Waals surface area (Å²) in [7, 11) is -3.24. The molecule has 0 aliphatic heterocycles. The summed E-state index contributed by atoms with van der Waals surface area (Å²) in [5.74, 6) is -1.54. The van der Waals surface area contributed by atoms with Crippen LogP contribution in [0.15, 0.2) is 0 Å². The van der Waals surface area contributed by atoms with Crippen LogP contribution in [0.3, 0.4) is 0 Å². The number of hydrogen-bond donors (Lipinski definition) is 3. The van der Waals surface area contributed by atoms with Crippen molar-refractivity contribution >= 4 is 21.8 Å². The molecule has 0 aliphatic carbocycles. The van der Waals surface area contributed by atoms with Crippen molar-refractivity contribution in [3.63, 3.8) is 0 Å². The van der Waals surface area contributed by atoms with Crippen molar-refractivity contribution in [1.82, 2.24) is 10.6 Å². The first-order valence-electron chi connectivity index (χ1n) is 4.71. The molecule has 1 unspecified atom stereocenters. The Bertz CT molecular complexity index is 351. The average molecular weight is 252 g/mol. The van der Waals surface area contributed by atoms with E-state index in [1.807, 2.05) is 0 Å². The Morgan fingerprint density at radius 3 is 2.31 bits per heavy atom. The van der Waals surface area contributed by atoms with Gasteiger partial charge in [0.1, 0.15) is 15.9 Å². The van der Waals surface area contributed by atoms with E-state index in [2.05, 4.69) is 10.6 Å². The monoisotopic (exact) mass is 252 g/mol. The van der Waals surface area contributed by atoms with E-state index in [9.17, 15) is 18.0 Å². The van der Waals surface area contributed by atoms with Gasteiger partial charge in [-0.3, -0.25) is 0 Å². The van der Waals surface area contributed by atoms with Crippen LogP contribution in [0, 0.1) is 0 Å². The zero-order chi connectivity index (χ0) is 12.8. The Morgan fingerprint density at radius 2 is 1.94 bits per heavy atom. The molecule has 0 aromatic carbocycles. The van der Waals surface area contributed by atoms with E-state index < -0.39 is 27.9 Å². The van der Waals surface area contributed by atoms with Gasteiger partial charge in [0.05, 0.1) is 5.75 Å². The van der Waals surface area contributed by atoms with Crippen molar-refractivity contribution in [2.45, 2.75) is 19.4 Å². The minimum atomic E-state index is -3.24. The van der Waals surface area contributed by atoms with E-state index in [4.69, 9.17) is 5.11 Å². The molecule has 0 radical (unpaired) electrons. The normalized spacial score (nSPS) is 12.9. The first kappa shape index (κ1) is 14.7. The molecule has 0 rings (SSSR count). The smallest absolute Gasteiger partial charge is 0.326 e. The maximum absolute atomic E-state index is 11.0. The lowest BCUT2D eigenvalue weighted by molar-refractivity contribution is -0.139. The third-order valence-electron chi connectivity index (χ3n) is 1.72. The predicted octanol–water partition coefficient (Wildman–Crippen LogP) is -0.807. The Kier molecular flexibility index (Phi) is 5.79. The summed E-state index contributed by atoms with van der Waals surface area (Å²) >= 11 is 0. The summed E-state index contributed by atoms with van der Waals surface area (Å²) in [4.78, 5) is 21.8. The molecule has 0 spiro atoms. The van der Waals surface area contributed by atoms with Crippen molar-refractivity contribution in [2.75, 3.05) is 18.6 Å². The highest BCUT2D eigenvalue weighted by atomic mass is 32.2. The molecule has 8 heteroatoms. The van der Waals surface area contributed by atoms with Gasteiger partial charge in [-0.05, 0) is 13.3 Å². The van der Waals surface area contributed by atoms with Gasteiger partial charge in [0.2, 0.25) is 0 Å². The molecular formula is C8H16N2O5S. The van der Waals surface area contributed by atoms with Gasteiger partial charge in [-0.15, -0.1) is 0 Å². The first-order chi connectivity index (χ1) is 7.26. The average Bonchev–Trinajstić information content (AvgIpc) is 2.10. The van der Waals surface area contributed by atoms with Crippen LogP contribution in [0.2, 0.25) is 0 Å². The van der Waals surface area contributed by atoms with E-state index >= 15 is 0 Å². The Balaban J connectivity index is 4.29. The van der Waals surface area contributed by atoms with Gasteiger partial charge in [0, 0.05) is 12.8 Å². The van der Waals surface area contributed by atoms with Crippen LogP contribution in [0.1, 0.15) is 13.3 Å². The van der Waals surface area contributed by atoms with E-state index in [-0.39, 0.29) is 12.2 Å². The summed E-state index contributed by atoms with van der Waals surface area (Å²) in [6.45, 7) is 2.05. The van der Waals surface area contributed by atoms with Crippen molar-refractivity contribution < 1.29 is 23.1 Å². The van der Waals surface area contributed by atoms with Gasteiger partial charge < -0.3 is 15.7 Å². The van der Waals surface area contributed by atoms with Crippen LogP contribution in [0.25, 0.3) is 0 Å². The highest BCUT2D eigenvalue weighted by Gasteiger charge is 2.21. The molecule has 2 amide bonds. The Morgan fingerprint density at radius 1 is 1.38 bits per heavy atom. The maximum Gasteiger partial charge on any atom is 0.326 e. The van der Waals surface area contributed by atoms with Gasteiger partial charge in [-0.2, -0.15) is 0 Å². The molecule has 16 heavy (non-hydrogen) atoms. The molecule has 0 aromatic rings. The minimum Gasteiger partial charge on any atom is -0.480 e. The van der Waals surface area contributed by atoms with Gasteiger partial charge in [0.15, 0.2) is 0 Å². The number of carboxylic acids is 1. The largest absolute Gasteiger partial charge is 0.480 e. The number of aliphatic carboxylic acids is 1. The summed E-state index contributed by atoms with van der Waals surface area (Å²) in [6.07, 6.45) is 0.864. The van der Waals surface area contributed by atoms with E-state index in [0.717, 1.165) is 6.26 Å². The number of carbonyl (C=O) groups is 2. The lowest BCUT2D eigenvalue weighted by Crippen LogP contribution is -2.46. The third kappa shape index (κ3) is 7.04. The molecule has 0 saturated heterocycles. The summed E-state index contributed by atoms with van der Waals surface area (Å²) in [6, 6.07) is -1.82. The number of carbonyl (C=O) groups excluding carboxylic acids is 1. The SMILES string of the molecule is CCNC(=O)NC(CCS(C)(=O)=O)C(=O)O. The second-order valence-electron chi connectivity index (χ2n) is 3.31. The van der Waals surface area contributed by atoms with Crippen LogP contribution in [-0.2, 0) is 14.6 Å². The molecule has 94 valence electrons. The summed E-state index contributed by atoms with van der Waals surface area (Å²) in [5, 5.41) is 13.3. The van der Waals surface area contributed by atoms with Crippen LogP contribution in [-0.4, -0.2) is 50.1 Å². The quantitative estimate of drug-likeness (QED) is 0.572. The maximum atomic E-state index is 11.0. The number of amides is 2. The number of nitrogens with one attached hydrogen (secondary N) is 2. The second kappa shape index (κ2) is 6.31. The van der Waals surface area contributed by atoms with Crippen LogP contribution in [0.4, 0.5) is 4.79 Å². The van der Waals surface area contributed by atoms with Crippen LogP contribution < -0.4 is 10.6 Å². The predicted molar refractivity (Wildman–Crippen MR) is 58.0 cm³/mol. The molecular weight excluding hydrogens is 236 g/mol. The highest BCUT2D eigenvalue weighted by molar-refractivity contribution is 7.90. The first-order valence-corrected chi connectivity index (χ1v) is 6.77. The summed E-state index contributed by atoms with van der Waals surface area (Å²) in [5.41, 5.74) is 0. The highest BCUT2D eigenvalue weighted by Crippen LogP contribution is 1.97. The molecule has 0 saturated carbocycles. The third-order valence-corrected chi connectivity index (χ3v) is 2.70. The number of urea groups is 1. The van der Waals surface area contributed by atoms with Gasteiger partial charge in [0.25, 0.3) is 0 Å². The molecule has 0 aliphatic rings. The zero-order valence-corrected chi connectivity index (χ0v) is 10.0. The van der Waals surface area contributed by atoms with Gasteiger partial charge >= 0.3 is 12.0 Å². The zero-order valence-electron chi connectivity index (χ0n) is 9.19. The fourth-order valence-electron chi connectivity index (χ4n) is 0.959. The van der Waals surface area contributed by atoms with Crippen molar-refractivity contribution in [1.29, 1.82) is 0 Å². The molecule has 0 fully saturated rings. The minimum absolute atomic E-state index is 0.148. The fraction of sp³-hybridized carbons (Fsp3) is 0.750. The van der Waals surface area contributed by atoms with Gasteiger partial charge in [-0.25, -0.2) is 18.0 Å². The molecule has 1 atom stereocenters. The van der Waals surface area contributed by atoms with Crippen molar-refractivity contribution in [2.24, 2.45) is 0 Å². The number of carboxylic acid groups (broad SMARTS) is 1. The van der Waals surface area contributed by atoms with E-state index in [0.29, 0.717) is 6.54 Å². The number of rotatable bonds is 6. The van der Waals surface area contributed by atoms with Crippen LogP contribution >= 0.6 is 0 Å². The van der Waals surface area contributed by atoms with E-state index in [1.165, 1.54) is 0 Å². The fourth-order valence-corrected chi connectivity index (χ4v) is 1.62. The lowest BCUT2D eigenvalue weighted by Gasteiger charge is -2.13. The van der Waals surface area contributed by atoms with Crippen LogP contribution in [0.5, 0.6) is 0 Å². The topological polar surface area (TPSA) is 113 Å². The number of sulfone groups is 1. The van der Waals surface area contributed by atoms with Gasteiger partial charge in [-0.1, -0.05) is 0 Å². The molecule has 0 heterocycles. The van der Waals surface area contributed by atoms with Crippen molar-refractivity contribution in [3.05, 3.63) is 0 Å². The molecule has 7 nitrogen and oxygen atoms in total. The lowest BCUT2D eigenvalue weighted by atomic mass is 10.2. The van der Waals surface area contributed by atoms with Crippen molar-refractivity contribution in [3.8, 4) is 0 Å². The summed E-state index contributed by atoms with van der Waals surface area (Å²) < 4.78 is 21.7. The van der Waals surface area contributed by atoms with E-state index in [1.54, 1.807) is 6.92 Å². The standard InChI is InChI=1S/C8H16N2O5S/c1-3-9-8(13)10-6(7(11)12)4-5-16(2,14)15/h6H,3-5H2,1-2H3,(H,11,12)(H2,9,10,13). The molecule has 0 aromatic heterocycles.